The summed E-state index contributed by atoms with van der Waals surface area (Å²) in [4.78, 5) is 31.1. The maximum atomic E-state index is 12.0. The van der Waals surface area contributed by atoms with E-state index in [1.165, 1.54) is 6.42 Å². The van der Waals surface area contributed by atoms with Gasteiger partial charge in [0.05, 0.1) is 10.2 Å². The number of rotatable bonds is 5. The third-order valence-electron chi connectivity index (χ3n) is 6.67. The fourth-order valence-corrected chi connectivity index (χ4v) is 5.81. The summed E-state index contributed by atoms with van der Waals surface area (Å²) in [6.45, 7) is 2.13. The Morgan fingerprint density at radius 1 is 1.06 bits per heavy atom. The number of pyridine rings is 2. The average molecular weight is 472 g/mol. The minimum Gasteiger partial charge on any atom is -0.355 e. The molecule has 2 N–H and O–H groups in total. The van der Waals surface area contributed by atoms with E-state index in [0.717, 1.165) is 45.5 Å². The molecular formula is C25H25N7OS. The zero-order valence-electron chi connectivity index (χ0n) is 19.0. The molecule has 0 unspecified atom stereocenters. The van der Waals surface area contributed by atoms with Gasteiger partial charge in [0, 0.05) is 55.6 Å². The Bertz CT molecular complexity index is 1380. The Hall–Kier alpha value is -3.56. The minimum absolute atomic E-state index is 0.111. The molecule has 5 heterocycles. The lowest BCUT2D eigenvalue weighted by Gasteiger charge is -2.32. The topological polar surface area (TPSA) is 86.3 Å². The van der Waals surface area contributed by atoms with Gasteiger partial charge in [0.1, 0.15) is 22.5 Å². The van der Waals surface area contributed by atoms with Crippen LogP contribution in [0, 0.1) is 0 Å². The van der Waals surface area contributed by atoms with Gasteiger partial charge in [-0.15, -0.1) is 11.3 Å². The van der Waals surface area contributed by atoms with Crippen LogP contribution in [0.2, 0.25) is 0 Å². The second-order valence-corrected chi connectivity index (χ2v) is 9.89. The number of likely N-dealkylation sites (N-methyl/N-ethyl adjacent to an activating group) is 1. The highest BCUT2D eigenvalue weighted by Crippen LogP contribution is 2.34. The van der Waals surface area contributed by atoms with Gasteiger partial charge in [-0.05, 0) is 37.7 Å². The first-order valence-electron chi connectivity index (χ1n) is 11.4. The Morgan fingerprint density at radius 2 is 1.94 bits per heavy atom. The molecule has 1 aromatic carbocycles. The van der Waals surface area contributed by atoms with Crippen LogP contribution < -0.4 is 15.5 Å². The maximum absolute atomic E-state index is 12.0. The minimum atomic E-state index is -0.111. The molecule has 2 bridgehead atoms. The number of hydrogen-bond donors (Lipinski definition) is 2. The van der Waals surface area contributed by atoms with Crippen molar-refractivity contribution in [3.63, 3.8) is 0 Å². The molecule has 0 aliphatic carbocycles. The van der Waals surface area contributed by atoms with Crippen LogP contribution in [0.5, 0.6) is 0 Å². The zero-order chi connectivity index (χ0) is 23.2. The Balaban J connectivity index is 1.23. The Labute approximate surface area is 201 Å². The van der Waals surface area contributed by atoms with Crippen molar-refractivity contribution in [2.45, 2.75) is 18.5 Å². The molecule has 6 rings (SSSR count). The summed E-state index contributed by atoms with van der Waals surface area (Å²) in [5.41, 5.74) is 2.39. The fraction of sp³-hybridized carbons (Fsp3) is 0.280. The molecule has 9 heteroatoms. The SMILES string of the molecule is CNC(=O)c1cccc(-c2nc3cc(Nc4cccc(N5C[C@@H]6C[C@H]5CN6C)n4)ncc3s2)c1. The molecule has 1 amide bonds. The van der Waals surface area contributed by atoms with Gasteiger partial charge in [0.15, 0.2) is 0 Å². The number of amides is 1. The number of fused-ring (bicyclic) bond motifs is 3. The van der Waals surface area contributed by atoms with Gasteiger partial charge in [-0.3, -0.25) is 9.69 Å². The van der Waals surface area contributed by atoms with Crippen LogP contribution in [0.4, 0.5) is 17.5 Å². The molecule has 4 aromatic rings. The number of aromatic nitrogens is 3. The van der Waals surface area contributed by atoms with Crippen LogP contribution in [-0.2, 0) is 0 Å². The molecule has 34 heavy (non-hydrogen) atoms. The first-order chi connectivity index (χ1) is 16.6. The molecular weight excluding hydrogens is 446 g/mol. The number of carbonyl (C=O) groups is 1. The number of nitrogens with one attached hydrogen (secondary N) is 2. The molecule has 3 aromatic heterocycles. The summed E-state index contributed by atoms with van der Waals surface area (Å²) in [5, 5.41) is 6.86. The molecule has 172 valence electrons. The standard InChI is InChI=1S/C25H25N7OS/c1-26-24(33)15-5-3-6-16(9-15)25-28-19-11-22(27-12-20(19)34-25)29-21-7-4-8-23(30-21)32-14-17-10-18(32)13-31(17)2/h3-9,11-12,17-18H,10,13-14H2,1-2H3,(H,26,33)(H,27,29,30)/t17-,18-/m0/s1. The predicted molar refractivity (Wildman–Crippen MR) is 136 cm³/mol. The molecule has 2 fully saturated rings. The van der Waals surface area contributed by atoms with E-state index in [1.54, 1.807) is 24.5 Å². The monoisotopic (exact) mass is 471 g/mol. The van der Waals surface area contributed by atoms with E-state index in [4.69, 9.17) is 9.97 Å². The highest BCUT2D eigenvalue weighted by Gasteiger charge is 2.41. The summed E-state index contributed by atoms with van der Waals surface area (Å²) in [5.74, 6) is 2.38. The number of thiazole rings is 1. The molecule has 2 aliphatic heterocycles. The van der Waals surface area contributed by atoms with Gasteiger partial charge >= 0.3 is 0 Å². The number of hydrogen-bond acceptors (Lipinski definition) is 8. The van der Waals surface area contributed by atoms with Crippen molar-refractivity contribution in [1.29, 1.82) is 0 Å². The molecule has 0 spiro atoms. The second kappa shape index (κ2) is 8.34. The van der Waals surface area contributed by atoms with Crippen molar-refractivity contribution in [3.05, 3.63) is 60.3 Å². The number of nitrogens with zero attached hydrogens (tertiary/aromatic N) is 5. The molecule has 2 atom stereocenters. The Morgan fingerprint density at radius 3 is 2.74 bits per heavy atom. The van der Waals surface area contributed by atoms with Crippen molar-refractivity contribution in [2.75, 3.05) is 37.4 Å². The van der Waals surface area contributed by atoms with E-state index in [0.29, 0.717) is 23.5 Å². The molecule has 2 aliphatic rings. The smallest absolute Gasteiger partial charge is 0.251 e. The summed E-state index contributed by atoms with van der Waals surface area (Å²) >= 11 is 1.56. The predicted octanol–water partition coefficient (Wildman–Crippen LogP) is 3.75. The van der Waals surface area contributed by atoms with E-state index >= 15 is 0 Å². The summed E-state index contributed by atoms with van der Waals surface area (Å²) in [6.07, 6.45) is 3.05. The van der Waals surface area contributed by atoms with Crippen molar-refractivity contribution in [3.8, 4) is 10.6 Å². The van der Waals surface area contributed by atoms with Crippen molar-refractivity contribution in [1.82, 2.24) is 25.2 Å². The van der Waals surface area contributed by atoms with Crippen molar-refractivity contribution >= 4 is 44.9 Å². The zero-order valence-corrected chi connectivity index (χ0v) is 19.8. The van der Waals surface area contributed by atoms with Crippen LogP contribution in [0.3, 0.4) is 0 Å². The molecule has 0 radical (unpaired) electrons. The van der Waals surface area contributed by atoms with Gasteiger partial charge in [-0.2, -0.15) is 0 Å². The number of anilines is 3. The van der Waals surface area contributed by atoms with E-state index in [9.17, 15) is 4.79 Å². The van der Waals surface area contributed by atoms with Crippen LogP contribution in [0.15, 0.2) is 54.7 Å². The lowest BCUT2D eigenvalue weighted by Crippen LogP contribution is -2.44. The summed E-state index contributed by atoms with van der Waals surface area (Å²) in [6, 6.07) is 16.7. The van der Waals surface area contributed by atoms with E-state index in [-0.39, 0.29) is 5.91 Å². The number of carbonyl (C=O) groups excluding carboxylic acids is 1. The van der Waals surface area contributed by atoms with Crippen molar-refractivity contribution < 1.29 is 4.79 Å². The largest absolute Gasteiger partial charge is 0.355 e. The lowest BCUT2D eigenvalue weighted by molar-refractivity contribution is 0.0963. The highest BCUT2D eigenvalue weighted by molar-refractivity contribution is 7.21. The summed E-state index contributed by atoms with van der Waals surface area (Å²) < 4.78 is 0.991. The third kappa shape index (κ3) is 3.76. The number of benzene rings is 1. The van der Waals surface area contributed by atoms with Crippen LogP contribution >= 0.6 is 11.3 Å². The van der Waals surface area contributed by atoms with Crippen LogP contribution in [0.25, 0.3) is 20.8 Å². The van der Waals surface area contributed by atoms with Gasteiger partial charge in [0.25, 0.3) is 5.91 Å². The van der Waals surface area contributed by atoms with Crippen molar-refractivity contribution in [2.24, 2.45) is 0 Å². The number of piperazine rings is 1. The first kappa shape index (κ1) is 21.0. The number of likely N-dealkylation sites (tertiary alicyclic amines) is 1. The fourth-order valence-electron chi connectivity index (χ4n) is 4.89. The second-order valence-electron chi connectivity index (χ2n) is 8.86. The highest BCUT2D eigenvalue weighted by atomic mass is 32.1. The molecule has 8 nitrogen and oxygen atoms in total. The normalized spacial score (nSPS) is 19.6. The maximum Gasteiger partial charge on any atom is 0.251 e. The average Bonchev–Trinajstić information content (AvgIpc) is 3.57. The van der Waals surface area contributed by atoms with E-state index in [1.807, 2.05) is 42.6 Å². The molecule has 2 saturated heterocycles. The van der Waals surface area contributed by atoms with Gasteiger partial charge < -0.3 is 15.5 Å². The quantitative estimate of drug-likeness (QED) is 0.458. The molecule has 0 saturated carbocycles. The summed E-state index contributed by atoms with van der Waals surface area (Å²) in [7, 11) is 3.84. The van der Waals surface area contributed by atoms with Crippen LogP contribution in [-0.4, -0.2) is 65.0 Å². The lowest BCUT2D eigenvalue weighted by atomic mass is 10.1. The van der Waals surface area contributed by atoms with Gasteiger partial charge in [-0.25, -0.2) is 15.0 Å². The van der Waals surface area contributed by atoms with Gasteiger partial charge in [0.2, 0.25) is 0 Å². The van der Waals surface area contributed by atoms with Gasteiger partial charge in [-0.1, -0.05) is 18.2 Å². The van der Waals surface area contributed by atoms with Crippen LogP contribution in [0.1, 0.15) is 16.8 Å². The first-order valence-corrected chi connectivity index (χ1v) is 12.2. The van der Waals surface area contributed by atoms with E-state index in [2.05, 4.69) is 38.5 Å². The third-order valence-corrected chi connectivity index (χ3v) is 7.73. The Kier molecular flexibility index (Phi) is 5.15. The van der Waals surface area contributed by atoms with E-state index < -0.39 is 0 Å².